The van der Waals surface area contributed by atoms with Gasteiger partial charge in [0.25, 0.3) is 11.8 Å². The highest BCUT2D eigenvalue weighted by atomic mass is 16.5. The summed E-state index contributed by atoms with van der Waals surface area (Å²) >= 11 is 0. The van der Waals surface area contributed by atoms with Crippen molar-refractivity contribution in [2.75, 3.05) is 39.3 Å². The number of hydrogen-bond acceptors (Lipinski definition) is 10. The molecule has 2 fully saturated rings. The van der Waals surface area contributed by atoms with E-state index in [1.165, 1.54) is 18.2 Å². The van der Waals surface area contributed by atoms with Gasteiger partial charge in [-0.3, -0.25) is 19.2 Å². The Hall–Kier alpha value is -8.74. The molecule has 0 unspecified atom stereocenters. The van der Waals surface area contributed by atoms with Crippen molar-refractivity contribution in [3.05, 3.63) is 202 Å². The van der Waals surface area contributed by atoms with Crippen LogP contribution in [0.15, 0.2) is 158 Å². The first-order valence-corrected chi connectivity index (χ1v) is 31.2. The molecule has 8 N–H and O–H groups in total. The molecule has 0 saturated carbocycles. The van der Waals surface area contributed by atoms with Crippen molar-refractivity contribution in [2.24, 2.45) is 11.8 Å². The molecule has 0 spiro atoms. The van der Waals surface area contributed by atoms with Crippen molar-refractivity contribution in [1.29, 1.82) is 0 Å². The van der Waals surface area contributed by atoms with E-state index in [2.05, 4.69) is 26.6 Å². The Morgan fingerprint density at radius 2 is 0.902 bits per heavy atom. The van der Waals surface area contributed by atoms with Crippen LogP contribution in [0.2, 0.25) is 0 Å². The van der Waals surface area contributed by atoms with Gasteiger partial charge in [0.1, 0.15) is 23.6 Å². The molecule has 0 aromatic heterocycles. The number of para-hydroxylation sites is 2. The average Bonchev–Trinajstić information content (AvgIpc) is 0.715. The third-order valence-corrected chi connectivity index (χ3v) is 15.9. The molecule has 6 aromatic rings. The van der Waals surface area contributed by atoms with E-state index in [1.54, 1.807) is 18.7 Å². The maximum atomic E-state index is 14.1. The van der Waals surface area contributed by atoms with Crippen LogP contribution in [0, 0.1) is 39.4 Å². The summed E-state index contributed by atoms with van der Waals surface area (Å²) in [7, 11) is 0. The summed E-state index contributed by atoms with van der Waals surface area (Å²) in [5.74, 6) is -3.08. The molecule has 8 amide bonds. The van der Waals surface area contributed by atoms with Gasteiger partial charge in [-0.1, -0.05) is 185 Å². The molecule has 2 aliphatic rings. The number of carbonyl (C=O) groups excluding carboxylic acids is 6. The molecule has 18 heteroatoms. The molecule has 8 rings (SSSR count). The van der Waals surface area contributed by atoms with Crippen LogP contribution in [0.5, 0.6) is 11.5 Å². The number of nitrogens with one attached hydrogen (secondary N) is 6. The molecule has 0 radical (unpaired) electrons. The van der Waals surface area contributed by atoms with Crippen molar-refractivity contribution in [3.8, 4) is 11.5 Å². The molecule has 2 saturated heterocycles. The van der Waals surface area contributed by atoms with E-state index in [1.807, 2.05) is 173 Å². The first-order chi connectivity index (χ1) is 48.9. The first kappa shape index (κ1) is 54.9. The van der Waals surface area contributed by atoms with E-state index >= 15 is 0 Å². The first-order valence-electron chi connectivity index (χ1n) is 37.2. The van der Waals surface area contributed by atoms with Gasteiger partial charge in [-0.25, -0.2) is 9.59 Å². The normalized spacial score (nSPS) is 19.6. The van der Waals surface area contributed by atoms with E-state index in [-0.39, 0.29) is 67.7 Å². The molecule has 6 aromatic carbocycles. The van der Waals surface area contributed by atoms with Crippen LogP contribution in [0.1, 0.15) is 114 Å². The predicted molar refractivity (Wildman–Crippen MR) is 359 cm³/mol. The minimum Gasteiger partial charge on any atom is -0.483 e. The lowest BCUT2D eigenvalue weighted by molar-refractivity contribution is -0.129. The fraction of sp³-hybridized carbons (Fsp3) is 0.432. The fourth-order valence-electron chi connectivity index (χ4n) is 11.4. The minimum absolute atomic E-state index is 0.0291. The number of aliphatic hydroxyl groups excluding tert-OH is 2. The number of aliphatic hydroxyl groups is 2. The Morgan fingerprint density at radius 3 is 1.30 bits per heavy atom. The number of urea groups is 2. The van der Waals surface area contributed by atoms with Gasteiger partial charge in [0.15, 0.2) is 13.2 Å². The van der Waals surface area contributed by atoms with Crippen LogP contribution >= 0.6 is 0 Å². The van der Waals surface area contributed by atoms with Crippen LogP contribution in [0.4, 0.5) is 9.59 Å². The standard InChI is InChI=1S/2C37H48N4O5/c2*1-25(2)34(41-20-12-19-38-37(41)45)36(44)39-30(21-28-15-7-5-8-16-28)23-32(42)31(22-29-17-9-6-10-18-29)40-33(43)24-46-35-26(3)13-11-14-27(35)4/h2*5-11,13-18,25,30-32,34,42H,12,19-24H2,1-4H3,(H,38,45)(H,39,44)(H,40,43)/t2*30-,31-,32-,34-/m00/s1/i12D2,19D2,20D2;3D3,4D3. The molecule has 2 heterocycles. The van der Waals surface area contributed by atoms with Crippen LogP contribution in [-0.4, -0.2) is 143 Å². The SMILES string of the molecule is [2H]C([2H])([2H])c1cccc(C([2H])([2H])[2H])c1OCC(=O)N[C@@H](Cc1ccccc1)[C@@H](O)C[C@H](Cc1ccccc1)NC(=O)[C@H](C(C)C)N1CCCNC1=O.[2H]C1([2H])NC(=O)N([C@H](C(=O)N[C@@H](Cc2ccccc2)C[C@H](O)[C@H](Cc2ccccc2)NC(=O)COc2c(C)cccc2C)C(C)C)C([2H])([2H])C1([2H])[2H]. The Bertz CT molecular complexity index is 3770. The Balaban J connectivity index is 0.000000291. The van der Waals surface area contributed by atoms with Gasteiger partial charge in [0, 0.05) is 54.6 Å². The number of rotatable bonds is 30. The number of benzene rings is 6. The fourth-order valence-corrected chi connectivity index (χ4v) is 11.4. The van der Waals surface area contributed by atoms with Crippen LogP contribution in [0.25, 0.3) is 0 Å². The minimum atomic E-state index is -3.23. The van der Waals surface area contributed by atoms with Gasteiger partial charge >= 0.3 is 12.1 Å². The number of carbonyl (C=O) groups is 6. The van der Waals surface area contributed by atoms with Gasteiger partial charge in [0.2, 0.25) is 11.8 Å². The lowest BCUT2D eigenvalue weighted by atomic mass is 9.92. The summed E-state index contributed by atoms with van der Waals surface area (Å²) in [5.41, 5.74) is 4.44. The van der Waals surface area contributed by atoms with Crippen molar-refractivity contribution in [1.82, 2.24) is 41.7 Å². The van der Waals surface area contributed by atoms with Crippen molar-refractivity contribution in [2.45, 2.75) is 155 Å². The van der Waals surface area contributed by atoms with Crippen molar-refractivity contribution in [3.63, 3.8) is 0 Å². The Morgan fingerprint density at radius 1 is 0.522 bits per heavy atom. The highest BCUT2D eigenvalue weighted by molar-refractivity contribution is 5.89. The van der Waals surface area contributed by atoms with Crippen molar-refractivity contribution >= 4 is 35.7 Å². The monoisotopic (exact) mass is 1270 g/mol. The maximum absolute atomic E-state index is 14.1. The number of ether oxygens (including phenoxy) is 2. The molecule has 92 heavy (non-hydrogen) atoms. The third-order valence-electron chi connectivity index (χ3n) is 15.9. The zero-order valence-corrected chi connectivity index (χ0v) is 53.1. The maximum Gasteiger partial charge on any atom is 0.318 e. The summed E-state index contributed by atoms with van der Waals surface area (Å²) in [6, 6.07) is 39.5. The van der Waals surface area contributed by atoms with Gasteiger partial charge in [-0.15, -0.1) is 0 Å². The number of nitrogens with zero attached hydrogens (tertiary/aromatic N) is 2. The van der Waals surface area contributed by atoms with Crippen LogP contribution < -0.4 is 41.4 Å². The van der Waals surface area contributed by atoms with E-state index in [0.29, 0.717) is 36.6 Å². The summed E-state index contributed by atoms with van der Waals surface area (Å²) in [6.45, 7) is -1.07. The van der Waals surface area contributed by atoms with Crippen LogP contribution in [0.3, 0.4) is 0 Å². The lowest BCUT2D eigenvalue weighted by Crippen LogP contribution is -2.59. The third kappa shape index (κ3) is 21.7. The predicted octanol–water partition coefficient (Wildman–Crippen LogP) is 8.66. The number of amides is 8. The molecular formula is C74H96N8O10. The lowest BCUT2D eigenvalue weighted by Gasteiger charge is -2.37. The van der Waals surface area contributed by atoms with Gasteiger partial charge in [-0.2, -0.15) is 0 Å². The van der Waals surface area contributed by atoms with Gasteiger partial charge in [-0.05, 0) is 135 Å². The highest BCUT2D eigenvalue weighted by Gasteiger charge is 2.38. The zero-order chi connectivity index (χ0) is 76.5. The summed E-state index contributed by atoms with van der Waals surface area (Å²) in [5, 5.41) is 39.9. The molecule has 2 aliphatic heterocycles. The van der Waals surface area contributed by atoms with E-state index < -0.39 is 124 Å². The van der Waals surface area contributed by atoms with E-state index in [0.717, 1.165) is 33.4 Å². The summed E-state index contributed by atoms with van der Waals surface area (Å²) in [6.07, 6.45) is -3.92. The second-order valence-corrected chi connectivity index (χ2v) is 23.9. The zero-order valence-electron chi connectivity index (χ0n) is 65.1. The topological polar surface area (TPSA) is 240 Å². The summed E-state index contributed by atoms with van der Waals surface area (Å²) < 4.78 is 108. The second-order valence-electron chi connectivity index (χ2n) is 23.9. The van der Waals surface area contributed by atoms with E-state index in [9.17, 15) is 39.0 Å². The smallest absolute Gasteiger partial charge is 0.318 e. The Labute approximate surface area is 560 Å². The molecular weight excluding hydrogens is 1160 g/mol. The molecule has 0 aliphatic carbocycles. The molecule has 0 bridgehead atoms. The van der Waals surface area contributed by atoms with Gasteiger partial charge in [0.05, 0.1) is 24.3 Å². The molecule has 8 atom stereocenters. The van der Waals surface area contributed by atoms with Crippen molar-refractivity contribution < 1.29 is 64.9 Å². The quantitative estimate of drug-likeness (QED) is 0.0214. The van der Waals surface area contributed by atoms with Gasteiger partial charge < -0.3 is 61.4 Å². The molecule has 492 valence electrons. The average molecular weight is 1270 g/mol. The highest BCUT2D eigenvalue weighted by Crippen LogP contribution is 2.25. The molecule has 18 nitrogen and oxygen atoms in total. The van der Waals surface area contributed by atoms with Crippen LogP contribution in [-0.2, 0) is 44.9 Å². The number of hydrogen-bond donors (Lipinski definition) is 8. The van der Waals surface area contributed by atoms with E-state index in [4.69, 9.17) is 25.9 Å². The second kappa shape index (κ2) is 35.8. The number of aryl methyl sites for hydroxylation is 4. The largest absolute Gasteiger partial charge is 0.483 e. The summed E-state index contributed by atoms with van der Waals surface area (Å²) in [4.78, 5) is 82.6. The Kier molecular flexibility index (Phi) is 21.4.